The molecule has 2 aromatic carbocycles. The molecule has 4 nitrogen and oxygen atoms in total. The summed E-state index contributed by atoms with van der Waals surface area (Å²) in [5.41, 5.74) is 3.50. The lowest BCUT2D eigenvalue weighted by Gasteiger charge is -2.13. The van der Waals surface area contributed by atoms with Crippen molar-refractivity contribution >= 4 is 28.4 Å². The normalized spacial score (nSPS) is 21.3. The Balaban J connectivity index is 1.66. The van der Waals surface area contributed by atoms with Gasteiger partial charge < -0.3 is 10.6 Å². The number of rotatable bonds is 5. The van der Waals surface area contributed by atoms with Crippen LogP contribution in [0.3, 0.4) is 0 Å². The highest BCUT2D eigenvalue weighted by Crippen LogP contribution is 2.16. The highest BCUT2D eigenvalue weighted by molar-refractivity contribution is 6.68. The van der Waals surface area contributed by atoms with Crippen LogP contribution in [0.1, 0.15) is 34.8 Å². The Morgan fingerprint density at radius 2 is 2.04 bits per heavy atom. The van der Waals surface area contributed by atoms with Crippen molar-refractivity contribution in [2.75, 3.05) is 5.32 Å². The number of carbonyl (C=O) groups excluding carboxylic acids is 1. The zero-order valence-corrected chi connectivity index (χ0v) is 16.8. The van der Waals surface area contributed by atoms with Gasteiger partial charge in [0, 0.05) is 17.8 Å². The predicted octanol–water partition coefficient (Wildman–Crippen LogP) is 5.41. The Labute approximate surface area is 171 Å². The van der Waals surface area contributed by atoms with Gasteiger partial charge >= 0.3 is 0 Å². The summed E-state index contributed by atoms with van der Waals surface area (Å²) in [4.78, 5) is 16.8. The van der Waals surface area contributed by atoms with Crippen molar-refractivity contribution in [1.29, 1.82) is 0 Å². The number of nitrogens with one attached hydrogen (secondary N) is 2. The molecule has 0 fully saturated rings. The van der Waals surface area contributed by atoms with Gasteiger partial charge in [-0.05, 0) is 61.2 Å². The summed E-state index contributed by atoms with van der Waals surface area (Å²) < 4.78 is 0. The number of amides is 1. The standard InChI is InChI=1S/C23H24ClN3O/c1-16-6-3-9-19(12-16)23(28)26-20-10-5-8-18(14-20)15-25-22-13-17(2)7-4-11-21(24)27-22/h3-6,8-14,17,25H,7,15H2,1-2H3,(H,26,28)/b11-4+,22-13-,27-21+. The van der Waals surface area contributed by atoms with E-state index in [9.17, 15) is 4.79 Å². The second kappa shape index (κ2) is 9.38. The molecule has 0 spiro atoms. The van der Waals surface area contributed by atoms with Crippen molar-refractivity contribution < 1.29 is 4.79 Å². The van der Waals surface area contributed by atoms with Crippen LogP contribution in [0, 0.1) is 12.8 Å². The quantitative estimate of drug-likeness (QED) is 0.713. The highest BCUT2D eigenvalue weighted by atomic mass is 35.5. The van der Waals surface area contributed by atoms with Gasteiger partial charge in [-0.15, -0.1) is 0 Å². The largest absolute Gasteiger partial charge is 0.366 e. The third-order valence-corrected chi connectivity index (χ3v) is 4.58. The lowest BCUT2D eigenvalue weighted by Crippen LogP contribution is -2.15. The maximum Gasteiger partial charge on any atom is 0.255 e. The van der Waals surface area contributed by atoms with Gasteiger partial charge in [0.05, 0.1) is 0 Å². The number of hydrogen-bond donors (Lipinski definition) is 2. The predicted molar refractivity (Wildman–Crippen MR) is 117 cm³/mol. The molecule has 3 rings (SSSR count). The molecule has 0 aromatic heterocycles. The minimum Gasteiger partial charge on any atom is -0.366 e. The monoisotopic (exact) mass is 393 g/mol. The number of hydrogen-bond acceptors (Lipinski definition) is 3. The molecule has 0 saturated heterocycles. The topological polar surface area (TPSA) is 53.5 Å². The number of halogens is 1. The van der Waals surface area contributed by atoms with Gasteiger partial charge in [0.1, 0.15) is 11.0 Å². The summed E-state index contributed by atoms with van der Waals surface area (Å²) in [5, 5.41) is 6.75. The molecule has 0 bridgehead atoms. The van der Waals surface area contributed by atoms with E-state index in [1.54, 1.807) is 0 Å². The van der Waals surface area contributed by atoms with E-state index in [0.29, 0.717) is 23.2 Å². The summed E-state index contributed by atoms with van der Waals surface area (Å²) in [5.74, 6) is 1.02. The fourth-order valence-electron chi connectivity index (χ4n) is 2.95. The number of allylic oxidation sites excluding steroid dienone is 3. The van der Waals surface area contributed by atoms with Crippen LogP contribution in [-0.2, 0) is 6.54 Å². The number of benzene rings is 2. The number of nitrogens with zero attached hydrogens (tertiary/aromatic N) is 1. The fraction of sp³-hybridized carbons (Fsp3) is 0.217. The second-order valence-corrected chi connectivity index (χ2v) is 7.37. The third-order valence-electron chi connectivity index (χ3n) is 4.37. The van der Waals surface area contributed by atoms with Crippen molar-refractivity contribution in [3.8, 4) is 0 Å². The van der Waals surface area contributed by atoms with Gasteiger partial charge in [-0.1, -0.05) is 54.4 Å². The van der Waals surface area contributed by atoms with Crippen molar-refractivity contribution in [3.63, 3.8) is 0 Å². The lowest BCUT2D eigenvalue weighted by atomic mass is 10.1. The first-order chi connectivity index (χ1) is 13.5. The molecule has 0 saturated carbocycles. The van der Waals surface area contributed by atoms with Crippen LogP contribution < -0.4 is 10.6 Å². The van der Waals surface area contributed by atoms with E-state index in [1.807, 2.05) is 67.6 Å². The molecule has 1 atom stereocenters. The Morgan fingerprint density at radius 1 is 1.21 bits per heavy atom. The van der Waals surface area contributed by atoms with Crippen molar-refractivity contribution in [2.45, 2.75) is 26.8 Å². The number of anilines is 1. The number of carbonyl (C=O) groups is 1. The molecule has 1 unspecified atom stereocenters. The zero-order chi connectivity index (χ0) is 19.9. The van der Waals surface area contributed by atoms with Gasteiger partial charge in [-0.3, -0.25) is 4.79 Å². The molecule has 1 aliphatic rings. The minimum atomic E-state index is -0.117. The van der Waals surface area contributed by atoms with Gasteiger partial charge in [0.2, 0.25) is 0 Å². The van der Waals surface area contributed by atoms with Crippen LogP contribution in [0.2, 0.25) is 0 Å². The van der Waals surface area contributed by atoms with Crippen LogP contribution in [0.4, 0.5) is 5.69 Å². The number of aryl methyl sites for hydroxylation is 1. The van der Waals surface area contributed by atoms with Crippen LogP contribution >= 0.6 is 11.6 Å². The molecule has 144 valence electrons. The average molecular weight is 394 g/mol. The Bertz CT molecular complexity index is 946. The zero-order valence-electron chi connectivity index (χ0n) is 16.1. The van der Waals surface area contributed by atoms with Gasteiger partial charge in [-0.25, -0.2) is 4.99 Å². The van der Waals surface area contributed by atoms with Crippen LogP contribution in [-0.4, -0.2) is 11.1 Å². The molecule has 0 radical (unpaired) electrons. The maximum atomic E-state index is 12.5. The van der Waals surface area contributed by atoms with Gasteiger partial charge in [0.15, 0.2) is 0 Å². The third kappa shape index (κ3) is 5.83. The lowest BCUT2D eigenvalue weighted by molar-refractivity contribution is 0.102. The van der Waals surface area contributed by atoms with Crippen molar-refractivity contribution in [1.82, 2.24) is 5.32 Å². The molecule has 1 amide bonds. The summed E-state index contributed by atoms with van der Waals surface area (Å²) >= 11 is 6.10. The molecular weight excluding hydrogens is 370 g/mol. The first-order valence-electron chi connectivity index (χ1n) is 9.33. The van der Waals surface area contributed by atoms with E-state index in [2.05, 4.69) is 28.6 Å². The van der Waals surface area contributed by atoms with Crippen LogP contribution in [0.15, 0.2) is 77.6 Å². The van der Waals surface area contributed by atoms with E-state index >= 15 is 0 Å². The van der Waals surface area contributed by atoms with E-state index in [1.165, 1.54) is 0 Å². The first kappa shape index (κ1) is 19.9. The molecule has 1 heterocycles. The molecule has 2 N–H and O–H groups in total. The number of aliphatic imine (C=N–C) groups is 1. The molecule has 5 heteroatoms. The van der Waals surface area contributed by atoms with E-state index in [-0.39, 0.29) is 5.91 Å². The second-order valence-electron chi connectivity index (χ2n) is 6.98. The molecule has 2 aromatic rings. The Kier molecular flexibility index (Phi) is 6.66. The molecular formula is C23H24ClN3O. The van der Waals surface area contributed by atoms with E-state index in [4.69, 9.17) is 11.6 Å². The Morgan fingerprint density at radius 3 is 2.86 bits per heavy atom. The summed E-state index contributed by atoms with van der Waals surface area (Å²) in [6, 6.07) is 15.3. The first-order valence-corrected chi connectivity index (χ1v) is 9.71. The molecule has 0 aliphatic carbocycles. The van der Waals surface area contributed by atoms with Crippen molar-refractivity contribution in [3.05, 3.63) is 89.3 Å². The van der Waals surface area contributed by atoms with Crippen LogP contribution in [0.5, 0.6) is 0 Å². The molecule has 1 aliphatic heterocycles. The van der Waals surface area contributed by atoms with E-state index < -0.39 is 0 Å². The van der Waals surface area contributed by atoms with Crippen LogP contribution in [0.25, 0.3) is 0 Å². The average Bonchev–Trinajstić information content (AvgIpc) is 2.65. The SMILES string of the molecule is Cc1cccc(C(=O)Nc2cccc(CNC3=C/C(C)C/C=C/C(Cl)=N\3)c2)c1. The maximum absolute atomic E-state index is 12.5. The highest BCUT2D eigenvalue weighted by Gasteiger charge is 2.08. The van der Waals surface area contributed by atoms with Crippen molar-refractivity contribution in [2.24, 2.45) is 10.9 Å². The van der Waals surface area contributed by atoms with Gasteiger partial charge in [0.25, 0.3) is 5.91 Å². The molecule has 28 heavy (non-hydrogen) atoms. The fourth-order valence-corrected chi connectivity index (χ4v) is 3.13. The van der Waals surface area contributed by atoms with E-state index in [0.717, 1.165) is 29.1 Å². The summed E-state index contributed by atoms with van der Waals surface area (Å²) in [6.07, 6.45) is 6.87. The Hall–Kier alpha value is -2.85. The summed E-state index contributed by atoms with van der Waals surface area (Å²) in [6.45, 7) is 4.70. The van der Waals surface area contributed by atoms with Gasteiger partial charge in [-0.2, -0.15) is 0 Å². The minimum absolute atomic E-state index is 0.117. The summed E-state index contributed by atoms with van der Waals surface area (Å²) in [7, 11) is 0. The smallest absolute Gasteiger partial charge is 0.255 e.